The molecule has 0 amide bonds. The molecule has 6 atom stereocenters. The predicted molar refractivity (Wildman–Crippen MR) is 90.2 cm³/mol. The third-order valence-electron chi connectivity index (χ3n) is 4.86. The van der Waals surface area contributed by atoms with Crippen molar-refractivity contribution in [1.29, 1.82) is 0 Å². The Morgan fingerprint density at radius 3 is 2.42 bits per heavy atom. The van der Waals surface area contributed by atoms with E-state index in [-0.39, 0.29) is 35.9 Å². The van der Waals surface area contributed by atoms with Crippen LogP contribution in [0.5, 0.6) is 0 Å². The van der Waals surface area contributed by atoms with E-state index in [0.717, 1.165) is 5.56 Å². The number of hydrogen-bond acceptors (Lipinski definition) is 5. The highest BCUT2D eigenvalue weighted by Gasteiger charge is 2.46. The van der Waals surface area contributed by atoms with E-state index in [1.54, 1.807) is 7.11 Å². The molecule has 0 aliphatic carbocycles. The molecule has 5 nitrogen and oxygen atoms in total. The van der Waals surface area contributed by atoms with Gasteiger partial charge in [-0.2, -0.15) is 0 Å². The maximum absolute atomic E-state index is 11.9. The fraction of sp³-hybridized carbons (Fsp3) is 0.632. The third kappa shape index (κ3) is 4.15. The molecule has 0 unspecified atom stereocenters. The van der Waals surface area contributed by atoms with Gasteiger partial charge in [0.05, 0.1) is 31.8 Å². The molecular weight excluding hydrogens is 308 g/mol. The molecule has 1 fully saturated rings. The van der Waals surface area contributed by atoms with Crippen LogP contribution in [0.15, 0.2) is 30.3 Å². The van der Waals surface area contributed by atoms with E-state index in [9.17, 15) is 4.79 Å². The van der Waals surface area contributed by atoms with E-state index in [1.165, 1.54) is 7.11 Å². The second kappa shape index (κ2) is 8.60. The highest BCUT2D eigenvalue weighted by molar-refractivity contribution is 5.72. The zero-order valence-electron chi connectivity index (χ0n) is 15.1. The number of carbonyl (C=O) groups excluding carboxylic acids is 1. The molecule has 1 aromatic carbocycles. The summed E-state index contributed by atoms with van der Waals surface area (Å²) in [7, 11) is 3.01. The average molecular weight is 336 g/mol. The van der Waals surface area contributed by atoms with Crippen LogP contribution in [0.25, 0.3) is 0 Å². The first kappa shape index (κ1) is 18.9. The van der Waals surface area contributed by atoms with Crippen molar-refractivity contribution in [3.63, 3.8) is 0 Å². The zero-order chi connectivity index (χ0) is 17.7. The molecule has 0 saturated carbocycles. The van der Waals surface area contributed by atoms with Gasteiger partial charge in [0, 0.05) is 18.9 Å². The molecule has 1 aliphatic rings. The first-order valence-electron chi connectivity index (χ1n) is 8.41. The van der Waals surface area contributed by atoms with Crippen molar-refractivity contribution >= 4 is 5.97 Å². The van der Waals surface area contributed by atoms with Gasteiger partial charge in [-0.05, 0) is 12.5 Å². The smallest absolute Gasteiger partial charge is 0.311 e. The van der Waals surface area contributed by atoms with Gasteiger partial charge in [-0.25, -0.2) is 0 Å². The molecule has 5 heteroatoms. The molecule has 0 radical (unpaired) electrons. The largest absolute Gasteiger partial charge is 0.469 e. The molecule has 134 valence electrons. The lowest BCUT2D eigenvalue weighted by Gasteiger charge is -2.45. The minimum absolute atomic E-state index is 0.0456. The summed E-state index contributed by atoms with van der Waals surface area (Å²) in [6, 6.07) is 10.1. The second-order valence-electron chi connectivity index (χ2n) is 6.50. The molecule has 1 aromatic rings. The number of hydrogen-bond donors (Lipinski definition) is 0. The van der Waals surface area contributed by atoms with Crippen LogP contribution in [0.3, 0.4) is 0 Å². The van der Waals surface area contributed by atoms with E-state index in [4.69, 9.17) is 18.9 Å². The third-order valence-corrected chi connectivity index (χ3v) is 4.86. The first-order valence-corrected chi connectivity index (χ1v) is 8.41. The summed E-state index contributed by atoms with van der Waals surface area (Å²) < 4.78 is 22.6. The summed E-state index contributed by atoms with van der Waals surface area (Å²) >= 11 is 0. The number of carbonyl (C=O) groups is 1. The van der Waals surface area contributed by atoms with E-state index in [2.05, 4.69) is 13.8 Å². The summed E-state index contributed by atoms with van der Waals surface area (Å²) in [6.45, 7) is 6.46. The SMILES string of the molecule is COC(=O)[C@@H](C)[C@H]1O[C@H](OC)[C@@H](C)[C@@H](OCc2ccccc2)[C@H]1C. The molecule has 2 rings (SSSR count). The van der Waals surface area contributed by atoms with Gasteiger partial charge in [-0.3, -0.25) is 4.79 Å². The monoisotopic (exact) mass is 336 g/mol. The highest BCUT2D eigenvalue weighted by Crippen LogP contribution is 2.36. The molecule has 0 bridgehead atoms. The van der Waals surface area contributed by atoms with E-state index >= 15 is 0 Å². The van der Waals surface area contributed by atoms with E-state index < -0.39 is 6.29 Å². The van der Waals surface area contributed by atoms with Crippen LogP contribution in [-0.2, 0) is 30.3 Å². The predicted octanol–water partition coefficient (Wildman–Crippen LogP) is 3.02. The second-order valence-corrected chi connectivity index (χ2v) is 6.50. The minimum atomic E-state index is -0.404. The average Bonchev–Trinajstić information content (AvgIpc) is 2.61. The Hall–Kier alpha value is -1.43. The fourth-order valence-corrected chi connectivity index (χ4v) is 3.46. The van der Waals surface area contributed by atoms with Crippen molar-refractivity contribution in [2.45, 2.75) is 45.9 Å². The van der Waals surface area contributed by atoms with Gasteiger partial charge in [-0.1, -0.05) is 44.2 Å². The van der Waals surface area contributed by atoms with Crippen LogP contribution in [0.2, 0.25) is 0 Å². The number of rotatable bonds is 6. The Morgan fingerprint density at radius 2 is 1.83 bits per heavy atom. The van der Waals surface area contributed by atoms with Gasteiger partial charge in [-0.15, -0.1) is 0 Å². The maximum atomic E-state index is 11.9. The molecule has 0 N–H and O–H groups in total. The number of benzene rings is 1. The van der Waals surface area contributed by atoms with Crippen LogP contribution < -0.4 is 0 Å². The number of ether oxygens (including phenoxy) is 4. The molecule has 1 heterocycles. The van der Waals surface area contributed by atoms with Crippen LogP contribution in [0, 0.1) is 17.8 Å². The van der Waals surface area contributed by atoms with Gasteiger partial charge in [0.2, 0.25) is 0 Å². The molecular formula is C19H28O5. The quantitative estimate of drug-likeness (QED) is 0.748. The van der Waals surface area contributed by atoms with Crippen molar-refractivity contribution in [3.8, 4) is 0 Å². The topological polar surface area (TPSA) is 54.0 Å². The Balaban J connectivity index is 2.12. The van der Waals surface area contributed by atoms with E-state index in [1.807, 2.05) is 37.3 Å². The zero-order valence-corrected chi connectivity index (χ0v) is 15.1. The van der Waals surface area contributed by atoms with Crippen molar-refractivity contribution in [1.82, 2.24) is 0 Å². The summed E-state index contributed by atoms with van der Waals surface area (Å²) in [6.07, 6.45) is -0.778. The van der Waals surface area contributed by atoms with Crippen molar-refractivity contribution in [2.75, 3.05) is 14.2 Å². The van der Waals surface area contributed by atoms with Crippen LogP contribution in [-0.4, -0.2) is 38.7 Å². The Labute approximate surface area is 144 Å². The van der Waals surface area contributed by atoms with Gasteiger partial charge in [0.15, 0.2) is 6.29 Å². The summed E-state index contributed by atoms with van der Waals surface area (Å²) in [5.74, 6) is -0.546. The molecule has 1 saturated heterocycles. The fourth-order valence-electron chi connectivity index (χ4n) is 3.46. The summed E-state index contributed by atoms with van der Waals surface area (Å²) in [4.78, 5) is 11.9. The summed E-state index contributed by atoms with van der Waals surface area (Å²) in [5, 5.41) is 0. The first-order chi connectivity index (χ1) is 11.5. The lowest BCUT2D eigenvalue weighted by molar-refractivity contribution is -0.271. The molecule has 1 aliphatic heterocycles. The number of methoxy groups -OCH3 is 2. The van der Waals surface area contributed by atoms with Crippen LogP contribution in [0.4, 0.5) is 0 Å². The van der Waals surface area contributed by atoms with Crippen molar-refractivity contribution in [3.05, 3.63) is 35.9 Å². The molecule has 0 aromatic heterocycles. The standard InChI is InChI=1S/C19H28O5/c1-12-16(23-11-15-9-7-6-8-10-15)14(3)19(22-5)24-17(12)13(2)18(20)21-4/h6-10,12-14,16-17,19H,11H2,1-5H3/t12-,13+,14+,16+,17+,19+/m1/s1. The van der Waals surface area contributed by atoms with Gasteiger partial charge in [0.1, 0.15) is 0 Å². The lowest BCUT2D eigenvalue weighted by atomic mass is 9.81. The Bertz CT molecular complexity index is 518. The van der Waals surface area contributed by atoms with E-state index in [0.29, 0.717) is 6.61 Å². The Morgan fingerprint density at radius 1 is 1.17 bits per heavy atom. The van der Waals surface area contributed by atoms with Gasteiger partial charge >= 0.3 is 5.97 Å². The summed E-state index contributed by atoms with van der Waals surface area (Å²) in [5.41, 5.74) is 1.12. The highest BCUT2D eigenvalue weighted by atomic mass is 16.7. The van der Waals surface area contributed by atoms with Crippen molar-refractivity contribution < 1.29 is 23.7 Å². The van der Waals surface area contributed by atoms with Crippen molar-refractivity contribution in [2.24, 2.45) is 17.8 Å². The van der Waals surface area contributed by atoms with Gasteiger partial charge < -0.3 is 18.9 Å². The minimum Gasteiger partial charge on any atom is -0.469 e. The Kier molecular flexibility index (Phi) is 6.78. The normalized spacial score (nSPS) is 31.5. The molecule has 24 heavy (non-hydrogen) atoms. The van der Waals surface area contributed by atoms with Gasteiger partial charge in [0.25, 0.3) is 0 Å². The lowest BCUT2D eigenvalue weighted by Crippen LogP contribution is -2.53. The number of esters is 1. The maximum Gasteiger partial charge on any atom is 0.311 e. The van der Waals surface area contributed by atoms with Crippen LogP contribution >= 0.6 is 0 Å². The molecule has 0 spiro atoms. The van der Waals surface area contributed by atoms with Crippen LogP contribution in [0.1, 0.15) is 26.3 Å².